The number of hydrogen-bond donors (Lipinski definition) is 1. The zero-order chi connectivity index (χ0) is 10.8. The Morgan fingerprint density at radius 2 is 2.47 bits per heavy atom. The van der Waals surface area contributed by atoms with E-state index in [0.29, 0.717) is 10.9 Å². The number of anilines is 1. The van der Waals surface area contributed by atoms with Crippen LogP contribution in [-0.2, 0) is 0 Å². The van der Waals surface area contributed by atoms with E-state index in [1.54, 1.807) is 0 Å². The molecule has 0 aliphatic carbocycles. The van der Waals surface area contributed by atoms with Crippen LogP contribution in [0.25, 0.3) is 0 Å². The van der Waals surface area contributed by atoms with E-state index in [9.17, 15) is 4.79 Å². The second kappa shape index (κ2) is 4.18. The summed E-state index contributed by atoms with van der Waals surface area (Å²) in [5, 5.41) is 9.66. The van der Waals surface area contributed by atoms with E-state index < -0.39 is 5.97 Å². The van der Waals surface area contributed by atoms with Crippen molar-refractivity contribution in [3.8, 4) is 0 Å². The first-order valence-electron chi connectivity index (χ1n) is 5.14. The van der Waals surface area contributed by atoms with Gasteiger partial charge in [0.15, 0.2) is 5.13 Å². The molecule has 1 saturated heterocycles. The summed E-state index contributed by atoms with van der Waals surface area (Å²) in [6, 6.07) is 0.478. The number of thiazole rings is 1. The smallest absolute Gasteiger partial charge is 0.347 e. The number of carbonyl (C=O) groups is 1. The molecule has 0 saturated carbocycles. The minimum atomic E-state index is -0.886. The normalized spacial score (nSPS) is 21.7. The van der Waals surface area contributed by atoms with Crippen molar-refractivity contribution in [1.82, 2.24) is 4.98 Å². The summed E-state index contributed by atoms with van der Waals surface area (Å²) in [6.45, 7) is 3.16. The van der Waals surface area contributed by atoms with Gasteiger partial charge in [-0.25, -0.2) is 9.78 Å². The van der Waals surface area contributed by atoms with Crippen molar-refractivity contribution in [2.24, 2.45) is 0 Å². The van der Waals surface area contributed by atoms with Gasteiger partial charge < -0.3 is 10.0 Å². The van der Waals surface area contributed by atoms with Crippen molar-refractivity contribution in [3.63, 3.8) is 0 Å². The average molecular weight is 226 g/mol. The van der Waals surface area contributed by atoms with Gasteiger partial charge >= 0.3 is 5.97 Å². The molecule has 0 spiro atoms. The summed E-state index contributed by atoms with van der Waals surface area (Å²) in [7, 11) is 0. The van der Waals surface area contributed by atoms with Gasteiger partial charge in [0, 0.05) is 12.6 Å². The molecule has 82 valence electrons. The number of carboxylic acids is 1. The second-order valence-corrected chi connectivity index (χ2v) is 4.86. The van der Waals surface area contributed by atoms with Gasteiger partial charge in [0.05, 0.1) is 6.20 Å². The van der Waals surface area contributed by atoms with Crippen LogP contribution in [-0.4, -0.2) is 28.6 Å². The topological polar surface area (TPSA) is 53.4 Å². The van der Waals surface area contributed by atoms with Crippen molar-refractivity contribution in [3.05, 3.63) is 11.1 Å². The van der Waals surface area contributed by atoms with E-state index in [1.165, 1.54) is 36.8 Å². The highest BCUT2D eigenvalue weighted by Gasteiger charge is 2.21. The standard InChI is InChI=1S/C10H14N2O2S/c1-7-4-2-3-5-12(7)10-11-6-8(15-10)9(13)14/h6-7H,2-5H2,1H3,(H,13,14). The molecule has 0 bridgehead atoms. The molecule has 1 atom stereocenters. The summed E-state index contributed by atoms with van der Waals surface area (Å²) in [5.41, 5.74) is 0. The van der Waals surface area contributed by atoms with Crippen LogP contribution < -0.4 is 4.90 Å². The van der Waals surface area contributed by atoms with Gasteiger partial charge in [-0.1, -0.05) is 11.3 Å². The van der Waals surface area contributed by atoms with E-state index in [2.05, 4.69) is 16.8 Å². The quantitative estimate of drug-likeness (QED) is 0.840. The maximum atomic E-state index is 10.7. The largest absolute Gasteiger partial charge is 0.477 e. The summed E-state index contributed by atoms with van der Waals surface area (Å²) in [5.74, 6) is -0.886. The van der Waals surface area contributed by atoms with Crippen LogP contribution in [0.15, 0.2) is 6.20 Å². The van der Waals surface area contributed by atoms with Crippen LogP contribution in [0.1, 0.15) is 35.9 Å². The molecule has 1 fully saturated rings. The maximum Gasteiger partial charge on any atom is 0.347 e. The molecule has 0 amide bonds. The van der Waals surface area contributed by atoms with Gasteiger partial charge in [0.1, 0.15) is 4.88 Å². The van der Waals surface area contributed by atoms with Crippen LogP contribution in [0.4, 0.5) is 5.13 Å². The molecule has 0 aromatic carbocycles. The Labute approximate surface area is 92.6 Å². The summed E-state index contributed by atoms with van der Waals surface area (Å²) < 4.78 is 0. The number of nitrogens with zero attached hydrogens (tertiary/aromatic N) is 2. The maximum absolute atomic E-state index is 10.7. The monoisotopic (exact) mass is 226 g/mol. The molecule has 2 rings (SSSR count). The van der Waals surface area contributed by atoms with Crippen LogP contribution >= 0.6 is 11.3 Å². The van der Waals surface area contributed by atoms with E-state index in [1.807, 2.05) is 0 Å². The number of aromatic nitrogens is 1. The highest BCUT2D eigenvalue weighted by molar-refractivity contribution is 7.17. The fraction of sp³-hybridized carbons (Fsp3) is 0.600. The fourth-order valence-corrected chi connectivity index (χ4v) is 2.76. The van der Waals surface area contributed by atoms with Crippen LogP contribution in [0, 0.1) is 0 Å². The molecule has 2 heterocycles. The van der Waals surface area contributed by atoms with Crippen molar-refractivity contribution < 1.29 is 9.90 Å². The Balaban J connectivity index is 2.17. The molecule has 0 radical (unpaired) electrons. The molecule has 1 aromatic heterocycles. The zero-order valence-corrected chi connectivity index (χ0v) is 9.46. The first-order chi connectivity index (χ1) is 7.18. The summed E-state index contributed by atoms with van der Waals surface area (Å²) in [4.78, 5) is 17.4. The van der Waals surface area contributed by atoms with E-state index in [4.69, 9.17) is 5.11 Å². The van der Waals surface area contributed by atoms with Gasteiger partial charge in [-0.15, -0.1) is 0 Å². The highest BCUT2D eigenvalue weighted by Crippen LogP contribution is 2.28. The van der Waals surface area contributed by atoms with Gasteiger partial charge in [0.2, 0.25) is 0 Å². The third kappa shape index (κ3) is 2.12. The zero-order valence-electron chi connectivity index (χ0n) is 8.64. The molecule has 1 aliphatic heterocycles. The number of carboxylic acid groups (broad SMARTS) is 1. The van der Waals surface area contributed by atoms with Crippen molar-refractivity contribution >= 4 is 22.4 Å². The molecule has 1 aromatic rings. The molecular weight excluding hydrogens is 212 g/mol. The third-order valence-corrected chi connectivity index (χ3v) is 3.78. The molecular formula is C10H14N2O2S. The molecule has 1 N–H and O–H groups in total. The van der Waals surface area contributed by atoms with Crippen LogP contribution in [0.2, 0.25) is 0 Å². The predicted octanol–water partition coefficient (Wildman–Crippen LogP) is 2.22. The van der Waals surface area contributed by atoms with Gasteiger partial charge in [-0.3, -0.25) is 0 Å². The first kappa shape index (κ1) is 10.4. The van der Waals surface area contributed by atoms with Crippen molar-refractivity contribution in [2.45, 2.75) is 32.2 Å². The number of hydrogen-bond acceptors (Lipinski definition) is 4. The minimum absolute atomic E-state index is 0.322. The van der Waals surface area contributed by atoms with Gasteiger partial charge in [-0.2, -0.15) is 0 Å². The van der Waals surface area contributed by atoms with Crippen molar-refractivity contribution in [2.75, 3.05) is 11.4 Å². The van der Waals surface area contributed by atoms with Gasteiger partial charge in [-0.05, 0) is 26.2 Å². The summed E-state index contributed by atoms with van der Waals surface area (Å²) in [6.07, 6.45) is 5.05. The average Bonchev–Trinajstić information content (AvgIpc) is 2.67. The van der Waals surface area contributed by atoms with E-state index in [0.717, 1.165) is 11.7 Å². The Morgan fingerprint density at radius 1 is 1.67 bits per heavy atom. The van der Waals surface area contributed by atoms with Crippen molar-refractivity contribution in [1.29, 1.82) is 0 Å². The Bertz CT molecular complexity index is 364. The molecule has 1 unspecified atom stereocenters. The molecule has 15 heavy (non-hydrogen) atoms. The lowest BCUT2D eigenvalue weighted by Gasteiger charge is -2.32. The first-order valence-corrected chi connectivity index (χ1v) is 5.96. The fourth-order valence-electron chi connectivity index (χ4n) is 1.88. The van der Waals surface area contributed by atoms with Gasteiger partial charge in [0.25, 0.3) is 0 Å². The third-order valence-electron chi connectivity index (χ3n) is 2.75. The van der Waals surface area contributed by atoms with Crippen LogP contribution in [0.5, 0.6) is 0 Å². The predicted molar refractivity (Wildman–Crippen MR) is 59.7 cm³/mol. The summed E-state index contributed by atoms with van der Waals surface area (Å²) >= 11 is 1.27. The molecule has 4 nitrogen and oxygen atoms in total. The lowest BCUT2D eigenvalue weighted by Crippen LogP contribution is -2.37. The SMILES string of the molecule is CC1CCCCN1c1ncc(C(=O)O)s1. The Hall–Kier alpha value is -1.10. The van der Waals surface area contributed by atoms with E-state index >= 15 is 0 Å². The highest BCUT2D eigenvalue weighted by atomic mass is 32.1. The Kier molecular flexibility index (Phi) is 2.90. The lowest BCUT2D eigenvalue weighted by atomic mass is 10.1. The minimum Gasteiger partial charge on any atom is -0.477 e. The lowest BCUT2D eigenvalue weighted by molar-refractivity contribution is 0.0702. The molecule has 1 aliphatic rings. The van der Waals surface area contributed by atoms with E-state index in [-0.39, 0.29) is 0 Å². The molecule has 5 heteroatoms. The number of piperidine rings is 1. The second-order valence-electron chi connectivity index (χ2n) is 3.85. The number of rotatable bonds is 2. The van der Waals surface area contributed by atoms with Crippen LogP contribution in [0.3, 0.4) is 0 Å². The number of aromatic carboxylic acids is 1. The Morgan fingerprint density at radius 3 is 3.07 bits per heavy atom.